The van der Waals surface area contributed by atoms with E-state index in [1.807, 2.05) is 6.92 Å². The van der Waals surface area contributed by atoms with Crippen molar-refractivity contribution in [3.05, 3.63) is 23.8 Å². The Hall–Kier alpha value is -1.62. The topological polar surface area (TPSA) is 78.1 Å². The van der Waals surface area contributed by atoms with E-state index in [1.54, 1.807) is 12.5 Å². The van der Waals surface area contributed by atoms with Gasteiger partial charge in [0, 0.05) is 12.1 Å². The van der Waals surface area contributed by atoms with Crippen molar-refractivity contribution in [2.75, 3.05) is 0 Å². The van der Waals surface area contributed by atoms with Crippen molar-refractivity contribution >= 4 is 0 Å². The Balaban J connectivity index is 2.52. The van der Waals surface area contributed by atoms with Gasteiger partial charge < -0.3 is 10.2 Å². The van der Waals surface area contributed by atoms with Crippen LogP contribution in [0.2, 0.25) is 0 Å². The molecular weight excluding hydrogens is 170 g/mol. The molecule has 5 heteroatoms. The molecule has 0 aliphatic heterocycles. The Morgan fingerprint density at radius 1 is 1.38 bits per heavy atom. The number of hydrogen-bond donors (Lipinski definition) is 1. The molecule has 0 fully saturated rings. The highest BCUT2D eigenvalue weighted by atomic mass is 16.6. The zero-order valence-corrected chi connectivity index (χ0v) is 7.15. The Kier molecular flexibility index (Phi) is 1.86. The summed E-state index contributed by atoms with van der Waals surface area (Å²) in [6, 6.07) is 0. The summed E-state index contributed by atoms with van der Waals surface area (Å²) in [5, 5.41) is 7.44. The molecule has 0 radical (unpaired) electrons. The van der Waals surface area contributed by atoms with Gasteiger partial charge in [-0.2, -0.15) is 0 Å². The first-order valence-corrected chi connectivity index (χ1v) is 3.87. The monoisotopic (exact) mass is 179 g/mol. The summed E-state index contributed by atoms with van der Waals surface area (Å²) in [5.41, 5.74) is 8.63. The highest BCUT2D eigenvalue weighted by Gasteiger charge is 2.14. The molecule has 2 N–H and O–H groups in total. The predicted octanol–water partition coefficient (Wildman–Crippen LogP) is 1.10. The standard InChI is InChI=1S/C8H9N3O2/c1-5-3-12-4-6(5)8-7(2-9)10-13-11-8/h3-4H,2,9H2,1H3. The van der Waals surface area contributed by atoms with Crippen molar-refractivity contribution < 1.29 is 9.05 Å². The average Bonchev–Trinajstić information content (AvgIpc) is 2.71. The minimum absolute atomic E-state index is 0.309. The molecule has 0 aliphatic carbocycles. The van der Waals surface area contributed by atoms with E-state index in [4.69, 9.17) is 10.2 Å². The molecule has 0 unspecified atom stereocenters. The van der Waals surface area contributed by atoms with Crippen LogP contribution in [0.4, 0.5) is 0 Å². The zero-order chi connectivity index (χ0) is 9.26. The summed E-state index contributed by atoms with van der Waals surface area (Å²) in [4.78, 5) is 0. The fourth-order valence-corrected chi connectivity index (χ4v) is 1.15. The molecular formula is C8H9N3O2. The number of furan rings is 1. The number of rotatable bonds is 2. The Morgan fingerprint density at radius 3 is 2.85 bits per heavy atom. The fourth-order valence-electron chi connectivity index (χ4n) is 1.15. The van der Waals surface area contributed by atoms with E-state index in [-0.39, 0.29) is 0 Å². The van der Waals surface area contributed by atoms with Crippen LogP contribution >= 0.6 is 0 Å². The molecule has 0 saturated heterocycles. The molecule has 68 valence electrons. The number of aromatic nitrogens is 2. The van der Waals surface area contributed by atoms with Gasteiger partial charge in [-0.15, -0.1) is 0 Å². The highest BCUT2D eigenvalue weighted by Crippen LogP contribution is 2.24. The number of nitrogens with two attached hydrogens (primary N) is 1. The maximum atomic E-state index is 5.46. The van der Waals surface area contributed by atoms with Gasteiger partial charge in [0.05, 0.1) is 6.26 Å². The van der Waals surface area contributed by atoms with E-state index in [9.17, 15) is 0 Å². The van der Waals surface area contributed by atoms with Crippen molar-refractivity contribution in [2.24, 2.45) is 5.73 Å². The number of nitrogens with zero attached hydrogens (tertiary/aromatic N) is 2. The normalized spacial score (nSPS) is 10.6. The first-order chi connectivity index (χ1) is 6.33. The minimum atomic E-state index is 0.309. The van der Waals surface area contributed by atoms with Gasteiger partial charge in [-0.25, -0.2) is 4.63 Å². The second-order valence-electron chi connectivity index (χ2n) is 2.73. The Labute approximate surface area is 74.5 Å². The first-order valence-electron chi connectivity index (χ1n) is 3.87. The van der Waals surface area contributed by atoms with E-state index < -0.39 is 0 Å². The van der Waals surface area contributed by atoms with Gasteiger partial charge in [0.2, 0.25) is 0 Å². The largest absolute Gasteiger partial charge is 0.472 e. The van der Waals surface area contributed by atoms with Crippen LogP contribution in [-0.4, -0.2) is 10.3 Å². The average molecular weight is 179 g/mol. The molecule has 0 aromatic carbocycles. The summed E-state index contributed by atoms with van der Waals surface area (Å²) in [5.74, 6) is 0. The molecule has 0 saturated carbocycles. The Morgan fingerprint density at radius 2 is 2.23 bits per heavy atom. The van der Waals surface area contributed by atoms with Crippen LogP contribution in [0.5, 0.6) is 0 Å². The quantitative estimate of drug-likeness (QED) is 0.746. The smallest absolute Gasteiger partial charge is 0.143 e. The van der Waals surface area contributed by atoms with Crippen molar-refractivity contribution in [3.8, 4) is 11.3 Å². The van der Waals surface area contributed by atoms with Crippen LogP contribution in [0.3, 0.4) is 0 Å². The van der Waals surface area contributed by atoms with Gasteiger partial charge >= 0.3 is 0 Å². The minimum Gasteiger partial charge on any atom is -0.472 e. The van der Waals surface area contributed by atoms with Crippen molar-refractivity contribution in [3.63, 3.8) is 0 Å². The molecule has 0 bridgehead atoms. The molecule has 2 aromatic rings. The molecule has 0 spiro atoms. The van der Waals surface area contributed by atoms with Crippen LogP contribution < -0.4 is 5.73 Å². The lowest BCUT2D eigenvalue weighted by atomic mass is 10.1. The maximum Gasteiger partial charge on any atom is 0.143 e. The van der Waals surface area contributed by atoms with Gasteiger partial charge in [0.15, 0.2) is 0 Å². The molecule has 0 amide bonds. The maximum absolute atomic E-state index is 5.46. The summed E-state index contributed by atoms with van der Waals surface area (Å²) in [7, 11) is 0. The van der Waals surface area contributed by atoms with E-state index in [2.05, 4.69) is 14.9 Å². The van der Waals surface area contributed by atoms with Crippen molar-refractivity contribution in [1.29, 1.82) is 0 Å². The Bertz CT molecular complexity index is 405. The van der Waals surface area contributed by atoms with Crippen molar-refractivity contribution in [2.45, 2.75) is 13.5 Å². The number of aryl methyl sites for hydroxylation is 1. The van der Waals surface area contributed by atoms with Crippen molar-refractivity contribution in [1.82, 2.24) is 10.3 Å². The fraction of sp³-hybridized carbons (Fsp3) is 0.250. The summed E-state index contributed by atoms with van der Waals surface area (Å²) in [6.07, 6.45) is 3.25. The molecule has 0 aliphatic rings. The lowest BCUT2D eigenvalue weighted by Gasteiger charge is -1.92. The molecule has 13 heavy (non-hydrogen) atoms. The number of hydrogen-bond acceptors (Lipinski definition) is 5. The highest BCUT2D eigenvalue weighted by molar-refractivity contribution is 5.63. The van der Waals surface area contributed by atoms with E-state index >= 15 is 0 Å². The van der Waals surface area contributed by atoms with Crippen LogP contribution in [0.25, 0.3) is 11.3 Å². The van der Waals surface area contributed by atoms with Crippen LogP contribution in [-0.2, 0) is 6.54 Å². The lowest BCUT2D eigenvalue weighted by molar-refractivity contribution is 0.304. The van der Waals surface area contributed by atoms with Crippen LogP contribution in [0, 0.1) is 6.92 Å². The molecule has 2 heterocycles. The van der Waals surface area contributed by atoms with Crippen LogP contribution in [0.15, 0.2) is 21.6 Å². The molecule has 0 atom stereocenters. The van der Waals surface area contributed by atoms with Crippen LogP contribution in [0.1, 0.15) is 11.3 Å². The second kappa shape index (κ2) is 3.02. The summed E-state index contributed by atoms with van der Waals surface area (Å²) >= 11 is 0. The van der Waals surface area contributed by atoms with E-state index in [0.29, 0.717) is 17.9 Å². The molecule has 2 aromatic heterocycles. The zero-order valence-electron chi connectivity index (χ0n) is 7.15. The van der Waals surface area contributed by atoms with E-state index in [1.165, 1.54) is 0 Å². The van der Waals surface area contributed by atoms with Gasteiger partial charge in [-0.05, 0) is 17.6 Å². The summed E-state index contributed by atoms with van der Waals surface area (Å²) in [6.45, 7) is 2.23. The first kappa shape index (κ1) is 8.00. The van der Waals surface area contributed by atoms with Gasteiger partial charge in [0.1, 0.15) is 17.7 Å². The van der Waals surface area contributed by atoms with E-state index in [0.717, 1.165) is 11.1 Å². The second-order valence-corrected chi connectivity index (χ2v) is 2.73. The SMILES string of the molecule is Cc1cocc1-c1nonc1CN. The van der Waals surface area contributed by atoms with Gasteiger partial charge in [-0.1, -0.05) is 5.16 Å². The third-order valence-corrected chi connectivity index (χ3v) is 1.86. The third kappa shape index (κ3) is 1.23. The van der Waals surface area contributed by atoms with Gasteiger partial charge in [-0.3, -0.25) is 0 Å². The van der Waals surface area contributed by atoms with Gasteiger partial charge in [0.25, 0.3) is 0 Å². The molecule has 5 nitrogen and oxygen atoms in total. The lowest BCUT2D eigenvalue weighted by Crippen LogP contribution is -1.98. The predicted molar refractivity (Wildman–Crippen MR) is 44.6 cm³/mol. The third-order valence-electron chi connectivity index (χ3n) is 1.86. The molecule has 2 rings (SSSR count). The summed E-state index contributed by atoms with van der Waals surface area (Å²) < 4.78 is 9.61.